The van der Waals surface area contributed by atoms with Crippen molar-refractivity contribution in [3.05, 3.63) is 28.8 Å². The van der Waals surface area contributed by atoms with E-state index in [1.165, 1.54) is 16.4 Å². The lowest BCUT2D eigenvalue weighted by atomic mass is 10.1. The Morgan fingerprint density at radius 2 is 1.75 bits per heavy atom. The molecule has 1 aromatic carbocycles. The highest BCUT2D eigenvalue weighted by Crippen LogP contribution is 2.28. The van der Waals surface area contributed by atoms with Gasteiger partial charge in [0.1, 0.15) is 4.90 Å². The van der Waals surface area contributed by atoms with Crippen molar-refractivity contribution in [1.29, 1.82) is 0 Å². The first kappa shape index (κ1) is 17.7. The van der Waals surface area contributed by atoms with Crippen LogP contribution in [0.25, 0.3) is 0 Å². The Hall–Kier alpha value is -1.15. The molecular weight excluding hydrogens is 352 g/mol. The van der Waals surface area contributed by atoms with Crippen molar-refractivity contribution in [1.82, 2.24) is 9.21 Å². The summed E-state index contributed by atoms with van der Waals surface area (Å²) in [7, 11) is -3.67. The Kier molecular flexibility index (Phi) is 5.15. The van der Waals surface area contributed by atoms with Gasteiger partial charge in [-0.15, -0.1) is 0 Å². The molecule has 2 fully saturated rings. The fourth-order valence-corrected chi connectivity index (χ4v) is 5.17. The monoisotopic (exact) mass is 372 g/mol. The van der Waals surface area contributed by atoms with Gasteiger partial charge in [0.25, 0.3) is 5.91 Å². The van der Waals surface area contributed by atoms with Crippen LogP contribution in [0.3, 0.4) is 0 Å². The fraction of sp³-hybridized carbons (Fsp3) is 0.562. The molecule has 1 amide bonds. The standard InChI is InChI=1S/C16H21ClN2O4S/c17-14-4-3-12(16(21)18-9-5-13(20)6-10-18)11-15(14)24(22,23)19-7-1-2-8-19/h3-4,11,13,20H,1-2,5-10H2. The SMILES string of the molecule is O=C(c1ccc(Cl)c(S(=O)(=O)N2CCCC2)c1)N1CCC(O)CC1. The van der Waals surface area contributed by atoms with E-state index >= 15 is 0 Å². The number of hydrogen-bond donors (Lipinski definition) is 1. The molecule has 0 bridgehead atoms. The molecule has 0 radical (unpaired) electrons. The number of hydrogen-bond acceptors (Lipinski definition) is 4. The number of carbonyl (C=O) groups excluding carboxylic acids is 1. The zero-order valence-corrected chi connectivity index (χ0v) is 14.9. The molecule has 1 aromatic rings. The van der Waals surface area contributed by atoms with Crippen LogP contribution in [-0.2, 0) is 10.0 Å². The highest BCUT2D eigenvalue weighted by Gasteiger charge is 2.30. The zero-order chi connectivity index (χ0) is 17.3. The smallest absolute Gasteiger partial charge is 0.253 e. The van der Waals surface area contributed by atoms with E-state index in [9.17, 15) is 18.3 Å². The van der Waals surface area contributed by atoms with E-state index < -0.39 is 10.0 Å². The lowest BCUT2D eigenvalue weighted by Gasteiger charge is -2.29. The van der Waals surface area contributed by atoms with Gasteiger partial charge in [0, 0.05) is 31.7 Å². The lowest BCUT2D eigenvalue weighted by Crippen LogP contribution is -2.40. The predicted molar refractivity (Wildman–Crippen MR) is 90.6 cm³/mol. The van der Waals surface area contributed by atoms with E-state index in [2.05, 4.69) is 0 Å². The summed E-state index contributed by atoms with van der Waals surface area (Å²) in [6, 6.07) is 4.40. The second kappa shape index (κ2) is 7.00. The first-order valence-corrected chi connectivity index (χ1v) is 9.98. The van der Waals surface area contributed by atoms with Crippen LogP contribution >= 0.6 is 11.6 Å². The number of aliphatic hydroxyl groups is 1. The molecule has 2 aliphatic rings. The van der Waals surface area contributed by atoms with Gasteiger partial charge in [-0.3, -0.25) is 4.79 Å². The highest BCUT2D eigenvalue weighted by atomic mass is 35.5. The molecule has 0 unspecified atom stereocenters. The van der Waals surface area contributed by atoms with Crippen LogP contribution in [-0.4, -0.2) is 60.9 Å². The van der Waals surface area contributed by atoms with Crippen LogP contribution in [0.1, 0.15) is 36.0 Å². The second-order valence-corrected chi connectivity index (χ2v) is 8.59. The normalized spacial score (nSPS) is 20.5. The number of halogens is 1. The third kappa shape index (κ3) is 3.44. The van der Waals surface area contributed by atoms with Crippen LogP contribution in [0.5, 0.6) is 0 Å². The average Bonchev–Trinajstić information content (AvgIpc) is 3.10. The minimum atomic E-state index is -3.67. The average molecular weight is 373 g/mol. The Bertz CT molecular complexity index is 724. The van der Waals surface area contributed by atoms with Crippen molar-refractivity contribution in [2.45, 2.75) is 36.7 Å². The number of piperidine rings is 1. The van der Waals surface area contributed by atoms with Crippen LogP contribution in [0.15, 0.2) is 23.1 Å². The van der Waals surface area contributed by atoms with Crippen molar-refractivity contribution < 1.29 is 18.3 Å². The summed E-state index contributed by atoms with van der Waals surface area (Å²) in [5, 5.41) is 9.68. The number of benzene rings is 1. The van der Waals surface area contributed by atoms with E-state index in [0.29, 0.717) is 44.6 Å². The van der Waals surface area contributed by atoms with Gasteiger partial charge in [-0.2, -0.15) is 4.31 Å². The van der Waals surface area contributed by atoms with Gasteiger partial charge >= 0.3 is 0 Å². The number of carbonyl (C=O) groups is 1. The number of sulfonamides is 1. The van der Waals surface area contributed by atoms with Crippen molar-refractivity contribution in [3.8, 4) is 0 Å². The molecule has 3 rings (SSSR count). The zero-order valence-electron chi connectivity index (χ0n) is 13.3. The molecule has 0 saturated carbocycles. The number of amides is 1. The second-order valence-electron chi connectivity index (χ2n) is 6.28. The summed E-state index contributed by atoms with van der Waals surface area (Å²) >= 11 is 6.10. The maximum atomic E-state index is 12.7. The molecule has 2 saturated heterocycles. The largest absolute Gasteiger partial charge is 0.393 e. The van der Waals surface area contributed by atoms with Crippen LogP contribution < -0.4 is 0 Å². The van der Waals surface area contributed by atoms with Crippen molar-refractivity contribution in [2.24, 2.45) is 0 Å². The summed E-state index contributed by atoms with van der Waals surface area (Å²) in [6.07, 6.45) is 2.39. The van der Waals surface area contributed by atoms with Gasteiger partial charge in [-0.25, -0.2) is 8.42 Å². The van der Waals surface area contributed by atoms with E-state index in [-0.39, 0.29) is 21.9 Å². The van der Waals surface area contributed by atoms with Crippen LogP contribution in [0.4, 0.5) is 0 Å². The summed E-state index contributed by atoms with van der Waals surface area (Å²) in [5.74, 6) is -0.226. The first-order valence-electron chi connectivity index (χ1n) is 8.16. The summed E-state index contributed by atoms with van der Waals surface area (Å²) in [5.41, 5.74) is 0.313. The fourth-order valence-electron chi connectivity index (χ4n) is 3.15. The third-order valence-electron chi connectivity index (χ3n) is 4.61. The molecule has 0 atom stereocenters. The van der Waals surface area contributed by atoms with Gasteiger partial charge in [-0.05, 0) is 43.9 Å². The van der Waals surface area contributed by atoms with Crippen LogP contribution in [0, 0.1) is 0 Å². The third-order valence-corrected chi connectivity index (χ3v) is 6.99. The lowest BCUT2D eigenvalue weighted by molar-refractivity contribution is 0.0546. The van der Waals surface area contributed by atoms with E-state index in [1.54, 1.807) is 11.0 Å². The first-order chi connectivity index (χ1) is 11.4. The molecule has 24 heavy (non-hydrogen) atoms. The van der Waals surface area contributed by atoms with Gasteiger partial charge in [-0.1, -0.05) is 11.6 Å². The van der Waals surface area contributed by atoms with Crippen molar-refractivity contribution >= 4 is 27.5 Å². The summed E-state index contributed by atoms with van der Waals surface area (Å²) in [4.78, 5) is 14.2. The van der Waals surface area contributed by atoms with Gasteiger partial charge in [0.05, 0.1) is 11.1 Å². The Labute approximate surface area is 147 Å². The summed E-state index contributed by atoms with van der Waals surface area (Å²) < 4.78 is 26.9. The molecule has 0 spiro atoms. The maximum absolute atomic E-state index is 12.7. The molecule has 0 aromatic heterocycles. The number of rotatable bonds is 3. The topological polar surface area (TPSA) is 77.9 Å². The molecule has 6 nitrogen and oxygen atoms in total. The molecule has 2 aliphatic heterocycles. The predicted octanol–water partition coefficient (Wildman–Crippen LogP) is 1.72. The number of likely N-dealkylation sites (tertiary alicyclic amines) is 1. The van der Waals surface area contributed by atoms with Gasteiger partial charge < -0.3 is 10.0 Å². The molecule has 8 heteroatoms. The Morgan fingerprint density at radius 3 is 2.38 bits per heavy atom. The van der Waals surface area contributed by atoms with Gasteiger partial charge in [0.15, 0.2) is 0 Å². The van der Waals surface area contributed by atoms with Crippen molar-refractivity contribution in [3.63, 3.8) is 0 Å². The molecule has 1 N–H and O–H groups in total. The van der Waals surface area contributed by atoms with Crippen molar-refractivity contribution in [2.75, 3.05) is 26.2 Å². The number of aliphatic hydroxyl groups excluding tert-OH is 1. The maximum Gasteiger partial charge on any atom is 0.253 e. The molecular formula is C16H21ClN2O4S. The quantitative estimate of drug-likeness (QED) is 0.876. The van der Waals surface area contributed by atoms with Gasteiger partial charge in [0.2, 0.25) is 10.0 Å². The Balaban J connectivity index is 1.87. The number of nitrogens with zero attached hydrogens (tertiary/aromatic N) is 2. The summed E-state index contributed by atoms with van der Waals surface area (Å²) in [6.45, 7) is 1.91. The van der Waals surface area contributed by atoms with E-state index in [0.717, 1.165) is 12.8 Å². The minimum Gasteiger partial charge on any atom is -0.393 e. The van der Waals surface area contributed by atoms with Crippen LogP contribution in [0.2, 0.25) is 5.02 Å². The minimum absolute atomic E-state index is 0.00559. The molecule has 2 heterocycles. The Morgan fingerprint density at radius 1 is 1.12 bits per heavy atom. The van der Waals surface area contributed by atoms with E-state index in [1.807, 2.05) is 0 Å². The highest BCUT2D eigenvalue weighted by molar-refractivity contribution is 7.89. The van der Waals surface area contributed by atoms with E-state index in [4.69, 9.17) is 11.6 Å². The molecule has 132 valence electrons. The molecule has 0 aliphatic carbocycles.